The zero-order valence-electron chi connectivity index (χ0n) is 13.4. The molecular weight excluding hydrogens is 370 g/mol. The number of halogens is 1. The van der Waals surface area contributed by atoms with Crippen molar-refractivity contribution < 1.29 is 13.2 Å². The van der Waals surface area contributed by atoms with Crippen molar-refractivity contribution in [1.82, 2.24) is 14.3 Å². The molecule has 1 aliphatic rings. The fraction of sp³-hybridized carbons (Fsp3) is 0.467. The van der Waals surface area contributed by atoms with Crippen molar-refractivity contribution in [3.05, 3.63) is 33.9 Å². The fourth-order valence-electron chi connectivity index (χ4n) is 2.68. The summed E-state index contributed by atoms with van der Waals surface area (Å²) in [5.74, 6) is 0. The number of nitrogens with zero attached hydrogens (tertiary/aromatic N) is 3. The molecule has 3 heterocycles. The van der Waals surface area contributed by atoms with Gasteiger partial charge in [-0.2, -0.15) is 4.31 Å². The molecule has 1 saturated heterocycles. The van der Waals surface area contributed by atoms with Gasteiger partial charge in [0.1, 0.15) is 10.3 Å². The van der Waals surface area contributed by atoms with Gasteiger partial charge in [0.2, 0.25) is 0 Å². The molecule has 0 N–H and O–H groups in total. The van der Waals surface area contributed by atoms with Gasteiger partial charge in [-0.1, -0.05) is 11.6 Å². The van der Waals surface area contributed by atoms with Gasteiger partial charge in [0, 0.05) is 17.9 Å². The standard InChI is InChI=1S/C15H18ClN3O3S2/c1-10-8-11(2)18-15(17-10)22-12-4-3-7-19(9-12)24(20,21)14-6-5-13(16)23-14/h5-6,8,12H,3-4,7,9H2,1-2H3/t12-/m0/s1. The first kappa shape index (κ1) is 17.6. The van der Waals surface area contributed by atoms with Crippen LogP contribution in [0.5, 0.6) is 6.01 Å². The summed E-state index contributed by atoms with van der Waals surface area (Å²) in [6.45, 7) is 4.51. The van der Waals surface area contributed by atoms with Crippen LogP contribution in [-0.4, -0.2) is 41.9 Å². The van der Waals surface area contributed by atoms with Crippen LogP contribution in [0.3, 0.4) is 0 Å². The Bertz CT molecular complexity index is 818. The van der Waals surface area contributed by atoms with Crippen LogP contribution in [0.4, 0.5) is 0 Å². The molecule has 0 radical (unpaired) electrons. The number of ether oxygens (including phenoxy) is 1. The Morgan fingerprint density at radius 2 is 2.00 bits per heavy atom. The van der Waals surface area contributed by atoms with Crippen LogP contribution in [0.2, 0.25) is 4.34 Å². The first-order valence-electron chi connectivity index (χ1n) is 7.59. The SMILES string of the molecule is Cc1cc(C)nc(O[C@H]2CCCN(S(=O)(=O)c3ccc(Cl)s3)C2)n1. The molecule has 2 aromatic heterocycles. The lowest BCUT2D eigenvalue weighted by molar-refractivity contribution is 0.119. The Balaban J connectivity index is 1.74. The van der Waals surface area contributed by atoms with Crippen molar-refractivity contribution in [2.24, 2.45) is 0 Å². The summed E-state index contributed by atoms with van der Waals surface area (Å²) < 4.78 is 33.4. The molecule has 2 aromatic rings. The number of sulfonamides is 1. The molecule has 130 valence electrons. The maximum Gasteiger partial charge on any atom is 0.317 e. The van der Waals surface area contributed by atoms with Crippen LogP contribution in [-0.2, 0) is 10.0 Å². The molecule has 0 aromatic carbocycles. The van der Waals surface area contributed by atoms with Crippen molar-refractivity contribution in [1.29, 1.82) is 0 Å². The highest BCUT2D eigenvalue weighted by Gasteiger charge is 2.32. The summed E-state index contributed by atoms with van der Waals surface area (Å²) in [5, 5.41) is 0. The Kier molecular flexibility index (Phi) is 5.10. The summed E-state index contributed by atoms with van der Waals surface area (Å²) >= 11 is 6.93. The van der Waals surface area contributed by atoms with Gasteiger partial charge in [-0.3, -0.25) is 0 Å². The van der Waals surface area contributed by atoms with E-state index in [1.807, 2.05) is 19.9 Å². The summed E-state index contributed by atoms with van der Waals surface area (Å²) in [6.07, 6.45) is 1.24. The zero-order chi connectivity index (χ0) is 17.3. The molecule has 0 saturated carbocycles. The average molecular weight is 388 g/mol. The van der Waals surface area contributed by atoms with Crippen molar-refractivity contribution in [3.8, 4) is 6.01 Å². The van der Waals surface area contributed by atoms with Crippen LogP contribution in [0.25, 0.3) is 0 Å². The van der Waals surface area contributed by atoms with Crippen molar-refractivity contribution in [2.75, 3.05) is 13.1 Å². The molecular formula is C15H18ClN3O3S2. The van der Waals surface area contributed by atoms with Crippen molar-refractivity contribution in [3.63, 3.8) is 0 Å². The zero-order valence-corrected chi connectivity index (χ0v) is 15.8. The van der Waals surface area contributed by atoms with E-state index >= 15 is 0 Å². The van der Waals surface area contributed by atoms with Gasteiger partial charge in [-0.15, -0.1) is 11.3 Å². The molecule has 1 fully saturated rings. The highest BCUT2D eigenvalue weighted by Crippen LogP contribution is 2.30. The predicted molar refractivity (Wildman–Crippen MR) is 93.2 cm³/mol. The van der Waals surface area contributed by atoms with Gasteiger partial charge >= 0.3 is 6.01 Å². The minimum absolute atomic E-state index is 0.259. The van der Waals surface area contributed by atoms with Gasteiger partial charge in [0.25, 0.3) is 10.0 Å². The summed E-state index contributed by atoms with van der Waals surface area (Å²) in [4.78, 5) is 8.52. The summed E-state index contributed by atoms with van der Waals surface area (Å²) in [7, 11) is -3.54. The van der Waals surface area contributed by atoms with E-state index in [-0.39, 0.29) is 16.9 Å². The number of aryl methyl sites for hydroxylation is 2. The molecule has 0 aliphatic carbocycles. The number of hydrogen-bond donors (Lipinski definition) is 0. The number of hydrogen-bond acceptors (Lipinski definition) is 6. The second-order valence-electron chi connectivity index (χ2n) is 5.74. The van der Waals surface area contributed by atoms with E-state index in [0.717, 1.165) is 35.6 Å². The molecule has 3 rings (SSSR count). The number of piperidine rings is 1. The van der Waals surface area contributed by atoms with E-state index in [1.165, 1.54) is 4.31 Å². The Morgan fingerprint density at radius 3 is 2.62 bits per heavy atom. The topological polar surface area (TPSA) is 72.4 Å². The predicted octanol–water partition coefficient (Wildman–Crippen LogP) is 3.04. The quantitative estimate of drug-likeness (QED) is 0.806. The average Bonchev–Trinajstić information content (AvgIpc) is 2.94. The molecule has 0 unspecified atom stereocenters. The fourth-order valence-corrected chi connectivity index (χ4v) is 5.83. The molecule has 1 atom stereocenters. The molecule has 1 aliphatic heterocycles. The van der Waals surface area contributed by atoms with Crippen LogP contribution in [0, 0.1) is 13.8 Å². The first-order valence-corrected chi connectivity index (χ1v) is 10.2. The molecule has 6 nitrogen and oxygen atoms in total. The van der Waals surface area contributed by atoms with Crippen LogP contribution < -0.4 is 4.74 Å². The third-order valence-corrected chi connectivity index (χ3v) is 7.28. The van der Waals surface area contributed by atoms with E-state index in [0.29, 0.717) is 16.9 Å². The first-order chi connectivity index (χ1) is 11.3. The minimum Gasteiger partial charge on any atom is -0.459 e. The molecule has 24 heavy (non-hydrogen) atoms. The van der Waals surface area contributed by atoms with E-state index < -0.39 is 10.0 Å². The monoisotopic (exact) mass is 387 g/mol. The highest BCUT2D eigenvalue weighted by atomic mass is 35.5. The lowest BCUT2D eigenvalue weighted by Crippen LogP contribution is -2.44. The normalized spacial score (nSPS) is 19.4. The second-order valence-corrected chi connectivity index (χ2v) is 9.62. The maximum absolute atomic E-state index is 12.7. The maximum atomic E-state index is 12.7. The summed E-state index contributed by atoms with van der Waals surface area (Å²) in [6, 6.07) is 5.31. The van der Waals surface area contributed by atoms with E-state index in [9.17, 15) is 8.42 Å². The lowest BCUT2D eigenvalue weighted by Gasteiger charge is -2.31. The molecule has 0 amide bonds. The van der Waals surface area contributed by atoms with Gasteiger partial charge in [0.05, 0.1) is 10.9 Å². The number of aromatic nitrogens is 2. The van der Waals surface area contributed by atoms with Crippen molar-refractivity contribution in [2.45, 2.75) is 37.0 Å². The third kappa shape index (κ3) is 3.88. The third-order valence-electron chi connectivity index (χ3n) is 3.72. The van der Waals surface area contributed by atoms with Gasteiger partial charge < -0.3 is 4.74 Å². The molecule has 0 spiro atoms. The largest absolute Gasteiger partial charge is 0.459 e. The minimum atomic E-state index is -3.54. The Labute approximate surface area is 150 Å². The number of thiophene rings is 1. The molecule has 0 bridgehead atoms. The molecule has 9 heteroatoms. The van der Waals surface area contributed by atoms with Crippen molar-refractivity contribution >= 4 is 33.0 Å². The van der Waals surface area contributed by atoms with Gasteiger partial charge in [0.15, 0.2) is 0 Å². The number of rotatable bonds is 4. The van der Waals surface area contributed by atoms with E-state index in [2.05, 4.69) is 9.97 Å². The van der Waals surface area contributed by atoms with Crippen LogP contribution >= 0.6 is 22.9 Å². The second kappa shape index (κ2) is 6.95. The smallest absolute Gasteiger partial charge is 0.317 e. The summed E-state index contributed by atoms with van der Waals surface area (Å²) in [5.41, 5.74) is 1.65. The van der Waals surface area contributed by atoms with Crippen LogP contribution in [0.1, 0.15) is 24.2 Å². The van der Waals surface area contributed by atoms with Crippen LogP contribution in [0.15, 0.2) is 22.4 Å². The highest BCUT2D eigenvalue weighted by molar-refractivity contribution is 7.91. The van der Waals surface area contributed by atoms with Gasteiger partial charge in [-0.05, 0) is 44.9 Å². The van der Waals surface area contributed by atoms with E-state index in [4.69, 9.17) is 16.3 Å². The Hall–Kier alpha value is -1.22. The Morgan fingerprint density at radius 1 is 1.29 bits per heavy atom. The lowest BCUT2D eigenvalue weighted by atomic mass is 10.1. The van der Waals surface area contributed by atoms with E-state index in [1.54, 1.807) is 12.1 Å². The van der Waals surface area contributed by atoms with Gasteiger partial charge in [-0.25, -0.2) is 18.4 Å².